The molecule has 0 aliphatic carbocycles. The van der Waals surface area contributed by atoms with Gasteiger partial charge in [0.1, 0.15) is 5.82 Å². The number of carbonyl (C=O) groups excluding carboxylic acids is 2. The molecule has 0 aromatic heterocycles. The van der Waals surface area contributed by atoms with Crippen LogP contribution in [-0.4, -0.2) is 24.9 Å². The molecule has 1 aliphatic heterocycles. The summed E-state index contributed by atoms with van der Waals surface area (Å²) in [4.78, 5) is 26.0. The normalized spacial score (nSPS) is 13.9. The summed E-state index contributed by atoms with van der Waals surface area (Å²) < 4.78 is 13.8. The van der Waals surface area contributed by atoms with Crippen molar-refractivity contribution in [2.24, 2.45) is 5.73 Å². The third-order valence-corrected chi connectivity index (χ3v) is 4.72. The fourth-order valence-electron chi connectivity index (χ4n) is 3.03. The van der Waals surface area contributed by atoms with Crippen molar-refractivity contribution in [2.75, 3.05) is 23.3 Å². The van der Waals surface area contributed by atoms with Crippen molar-refractivity contribution in [3.63, 3.8) is 0 Å². The molecular weight excluding hydrogens is 369 g/mol. The third-order valence-electron chi connectivity index (χ3n) is 4.39. The number of hydrogen-bond donors (Lipinski definition) is 2. The van der Waals surface area contributed by atoms with E-state index in [0.717, 1.165) is 31.6 Å². The van der Waals surface area contributed by atoms with Gasteiger partial charge in [0.05, 0.1) is 16.4 Å². The van der Waals surface area contributed by atoms with Crippen LogP contribution in [0, 0.1) is 5.82 Å². The monoisotopic (exact) mass is 387 g/mol. The Bertz CT molecular complexity index is 888. The topological polar surface area (TPSA) is 75.4 Å². The standard InChI is InChI=1S/C20H19ClFN3O2/c21-15-4-3-5-16(22)14(15)7-9-19(26)24-17-12-13(20(23)27)6-8-18(17)25-10-1-2-11-25/h3-9,12H,1-2,10-11H2,(H2,23,27)(H,24,26)/b9-7+. The second kappa shape index (κ2) is 8.22. The summed E-state index contributed by atoms with van der Waals surface area (Å²) >= 11 is 5.96. The minimum atomic E-state index is -0.577. The van der Waals surface area contributed by atoms with Crippen molar-refractivity contribution >= 4 is 40.9 Å². The highest BCUT2D eigenvalue weighted by atomic mass is 35.5. The largest absolute Gasteiger partial charge is 0.370 e. The maximum absolute atomic E-state index is 13.8. The van der Waals surface area contributed by atoms with Crippen LogP contribution in [-0.2, 0) is 4.79 Å². The molecule has 7 heteroatoms. The summed E-state index contributed by atoms with van der Waals surface area (Å²) in [6.45, 7) is 1.75. The van der Waals surface area contributed by atoms with Gasteiger partial charge in [0.25, 0.3) is 0 Å². The molecule has 2 aromatic rings. The van der Waals surface area contributed by atoms with E-state index in [1.807, 2.05) is 0 Å². The predicted molar refractivity (Wildman–Crippen MR) is 105 cm³/mol. The highest BCUT2D eigenvalue weighted by Crippen LogP contribution is 2.30. The highest BCUT2D eigenvalue weighted by molar-refractivity contribution is 6.32. The Hall–Kier alpha value is -2.86. The third kappa shape index (κ3) is 4.46. The molecule has 0 saturated carbocycles. The molecule has 3 N–H and O–H groups in total. The Balaban J connectivity index is 1.84. The fourth-order valence-corrected chi connectivity index (χ4v) is 3.25. The van der Waals surface area contributed by atoms with Gasteiger partial charge < -0.3 is 16.0 Å². The van der Waals surface area contributed by atoms with Crippen molar-refractivity contribution in [3.8, 4) is 0 Å². The van der Waals surface area contributed by atoms with Crippen LogP contribution in [0.25, 0.3) is 6.08 Å². The van der Waals surface area contributed by atoms with Crippen LogP contribution < -0.4 is 16.0 Å². The number of hydrogen-bond acceptors (Lipinski definition) is 3. The van der Waals surface area contributed by atoms with E-state index < -0.39 is 17.6 Å². The Morgan fingerprint density at radius 2 is 1.93 bits per heavy atom. The number of halogens is 2. The van der Waals surface area contributed by atoms with Crippen LogP contribution in [0.15, 0.2) is 42.5 Å². The van der Waals surface area contributed by atoms with E-state index in [4.69, 9.17) is 17.3 Å². The molecule has 1 saturated heterocycles. The minimum absolute atomic E-state index is 0.139. The Kier molecular flexibility index (Phi) is 5.76. The average Bonchev–Trinajstić information content (AvgIpc) is 3.15. The first-order valence-corrected chi connectivity index (χ1v) is 8.95. The number of rotatable bonds is 5. The van der Waals surface area contributed by atoms with E-state index in [1.165, 1.54) is 24.3 Å². The molecule has 0 radical (unpaired) electrons. The quantitative estimate of drug-likeness (QED) is 0.765. The van der Waals surface area contributed by atoms with Gasteiger partial charge in [-0.1, -0.05) is 17.7 Å². The maximum atomic E-state index is 13.8. The molecule has 0 atom stereocenters. The Morgan fingerprint density at radius 3 is 2.59 bits per heavy atom. The summed E-state index contributed by atoms with van der Waals surface area (Å²) in [5.74, 6) is -1.55. The minimum Gasteiger partial charge on any atom is -0.370 e. The van der Waals surface area contributed by atoms with Gasteiger partial charge in [-0.25, -0.2) is 4.39 Å². The van der Waals surface area contributed by atoms with Crippen LogP contribution in [0.1, 0.15) is 28.8 Å². The van der Waals surface area contributed by atoms with E-state index in [0.29, 0.717) is 11.3 Å². The lowest BCUT2D eigenvalue weighted by molar-refractivity contribution is -0.111. The number of amides is 2. The van der Waals surface area contributed by atoms with Gasteiger partial charge in [-0.05, 0) is 49.2 Å². The summed E-state index contributed by atoms with van der Waals surface area (Å²) in [6.07, 6.45) is 4.66. The lowest BCUT2D eigenvalue weighted by atomic mass is 10.1. The summed E-state index contributed by atoms with van der Waals surface area (Å²) in [5.41, 5.74) is 7.10. The van der Waals surface area contributed by atoms with E-state index >= 15 is 0 Å². The lowest BCUT2D eigenvalue weighted by Gasteiger charge is -2.21. The Morgan fingerprint density at radius 1 is 1.19 bits per heavy atom. The second-order valence-electron chi connectivity index (χ2n) is 6.25. The number of nitrogens with two attached hydrogens (primary N) is 1. The summed E-state index contributed by atoms with van der Waals surface area (Å²) in [5, 5.41) is 2.97. The summed E-state index contributed by atoms with van der Waals surface area (Å²) in [6, 6.07) is 9.28. The molecule has 1 heterocycles. The predicted octanol–water partition coefficient (Wildman–Crippen LogP) is 3.83. The zero-order chi connectivity index (χ0) is 19.4. The number of nitrogens with zero attached hydrogens (tertiary/aromatic N) is 1. The molecule has 27 heavy (non-hydrogen) atoms. The molecule has 5 nitrogen and oxygen atoms in total. The first-order chi connectivity index (χ1) is 13.0. The molecule has 0 spiro atoms. The molecule has 3 rings (SSSR count). The van der Waals surface area contributed by atoms with Gasteiger partial charge in [0.2, 0.25) is 11.8 Å². The van der Waals surface area contributed by atoms with E-state index in [-0.39, 0.29) is 10.6 Å². The molecule has 2 amide bonds. The van der Waals surface area contributed by atoms with Gasteiger partial charge in [0, 0.05) is 30.3 Å². The SMILES string of the molecule is NC(=O)c1ccc(N2CCCC2)c(NC(=O)/C=C/c2c(F)cccc2Cl)c1. The van der Waals surface area contributed by atoms with Crippen LogP contribution in [0.5, 0.6) is 0 Å². The molecular formula is C20H19ClFN3O2. The van der Waals surface area contributed by atoms with Gasteiger partial charge in [0.15, 0.2) is 0 Å². The van der Waals surface area contributed by atoms with Crippen molar-refractivity contribution < 1.29 is 14.0 Å². The van der Waals surface area contributed by atoms with Crippen LogP contribution in [0.4, 0.5) is 15.8 Å². The van der Waals surface area contributed by atoms with E-state index in [9.17, 15) is 14.0 Å². The second-order valence-corrected chi connectivity index (χ2v) is 6.66. The number of primary amides is 1. The maximum Gasteiger partial charge on any atom is 0.248 e. The first kappa shape index (κ1) is 18.9. The van der Waals surface area contributed by atoms with Gasteiger partial charge >= 0.3 is 0 Å². The first-order valence-electron chi connectivity index (χ1n) is 8.57. The van der Waals surface area contributed by atoms with E-state index in [1.54, 1.807) is 24.3 Å². The summed E-state index contributed by atoms with van der Waals surface area (Å²) in [7, 11) is 0. The fraction of sp³-hybridized carbons (Fsp3) is 0.200. The van der Waals surface area contributed by atoms with Crippen molar-refractivity contribution in [1.29, 1.82) is 0 Å². The number of nitrogens with one attached hydrogen (secondary N) is 1. The lowest BCUT2D eigenvalue weighted by Crippen LogP contribution is -2.21. The van der Waals surface area contributed by atoms with Crippen molar-refractivity contribution in [3.05, 3.63) is 64.4 Å². The Labute approximate surface area is 161 Å². The molecule has 1 fully saturated rings. The number of anilines is 2. The van der Waals surface area contributed by atoms with Crippen molar-refractivity contribution in [1.82, 2.24) is 0 Å². The van der Waals surface area contributed by atoms with Crippen LogP contribution in [0.2, 0.25) is 5.02 Å². The van der Waals surface area contributed by atoms with Gasteiger partial charge in [-0.3, -0.25) is 9.59 Å². The van der Waals surface area contributed by atoms with Gasteiger partial charge in [-0.15, -0.1) is 0 Å². The molecule has 140 valence electrons. The smallest absolute Gasteiger partial charge is 0.248 e. The number of carbonyl (C=O) groups is 2. The number of benzene rings is 2. The molecule has 0 bridgehead atoms. The molecule has 2 aromatic carbocycles. The van der Waals surface area contributed by atoms with Gasteiger partial charge in [-0.2, -0.15) is 0 Å². The van der Waals surface area contributed by atoms with Crippen molar-refractivity contribution in [2.45, 2.75) is 12.8 Å². The van der Waals surface area contributed by atoms with E-state index in [2.05, 4.69) is 10.2 Å². The van der Waals surface area contributed by atoms with Crippen LogP contribution in [0.3, 0.4) is 0 Å². The van der Waals surface area contributed by atoms with Crippen LogP contribution >= 0.6 is 11.6 Å². The highest BCUT2D eigenvalue weighted by Gasteiger charge is 2.18. The average molecular weight is 388 g/mol. The zero-order valence-electron chi connectivity index (χ0n) is 14.5. The molecule has 1 aliphatic rings. The zero-order valence-corrected chi connectivity index (χ0v) is 15.3. The molecule has 0 unspecified atom stereocenters.